The summed E-state index contributed by atoms with van der Waals surface area (Å²) in [6, 6.07) is 16.1. The summed E-state index contributed by atoms with van der Waals surface area (Å²) < 4.78 is 11.0. The van der Waals surface area contributed by atoms with Crippen LogP contribution in [0.5, 0.6) is 11.5 Å². The lowest BCUT2D eigenvalue weighted by atomic mass is 10.1. The first-order chi connectivity index (χ1) is 15.2. The summed E-state index contributed by atoms with van der Waals surface area (Å²) in [5.41, 5.74) is 2.33. The highest BCUT2D eigenvalue weighted by Crippen LogP contribution is 2.28. The minimum Gasteiger partial charge on any atom is -0.493 e. The number of nitrogens with one attached hydrogen (secondary N) is 3. The summed E-state index contributed by atoms with van der Waals surface area (Å²) in [5, 5.41) is 9.36. The normalized spacial score (nSPS) is 10.7. The molecule has 0 saturated heterocycles. The molecule has 0 atom stereocenters. The fourth-order valence-corrected chi connectivity index (χ4v) is 2.98. The van der Waals surface area contributed by atoms with Crippen LogP contribution in [0, 0.1) is 0 Å². The van der Waals surface area contributed by atoms with Crippen LogP contribution in [-0.2, 0) is 17.8 Å². The van der Waals surface area contributed by atoms with Crippen molar-refractivity contribution in [3.63, 3.8) is 0 Å². The number of carbonyl (C=O) groups is 1. The van der Waals surface area contributed by atoms with Crippen LogP contribution in [0.4, 0.5) is 0 Å². The van der Waals surface area contributed by atoms with E-state index in [0.29, 0.717) is 24.6 Å². The van der Waals surface area contributed by atoms with Crippen molar-refractivity contribution in [1.29, 1.82) is 0 Å². The summed E-state index contributed by atoms with van der Waals surface area (Å²) in [4.78, 5) is 16.3. The maximum absolute atomic E-state index is 11.6. The van der Waals surface area contributed by atoms with Crippen LogP contribution in [0.25, 0.3) is 0 Å². The number of likely N-dealkylation sites (N-methyl/N-ethyl adjacent to an activating group) is 1. The van der Waals surface area contributed by atoms with Gasteiger partial charge in [0.05, 0.1) is 13.7 Å². The van der Waals surface area contributed by atoms with Gasteiger partial charge < -0.3 is 25.4 Å². The van der Waals surface area contributed by atoms with Crippen LogP contribution in [-0.4, -0.2) is 45.2 Å². The van der Waals surface area contributed by atoms with E-state index in [9.17, 15) is 4.79 Å². The van der Waals surface area contributed by atoms with Gasteiger partial charge in [-0.1, -0.05) is 36.4 Å². The van der Waals surface area contributed by atoms with Gasteiger partial charge in [0, 0.05) is 19.6 Å². The average Bonchev–Trinajstić information content (AvgIpc) is 2.80. The Morgan fingerprint density at radius 1 is 0.938 bits per heavy atom. The number of guanidine groups is 1. The summed E-state index contributed by atoms with van der Waals surface area (Å²) >= 11 is 0. The quantitative estimate of drug-likeness (QED) is 0.162. The van der Waals surface area contributed by atoms with E-state index in [1.165, 1.54) is 5.56 Å². The second-order valence-electron chi connectivity index (χ2n) is 6.94. The molecule has 0 aliphatic heterocycles. The first kappa shape index (κ1) is 27.5. The second-order valence-corrected chi connectivity index (χ2v) is 6.94. The average molecular weight is 554 g/mol. The van der Waals surface area contributed by atoms with Gasteiger partial charge in [0.15, 0.2) is 24.1 Å². The molecule has 0 radical (unpaired) electrons. The van der Waals surface area contributed by atoms with Crippen molar-refractivity contribution in [2.45, 2.75) is 33.2 Å². The molecule has 0 saturated carbocycles. The third-order valence-electron chi connectivity index (χ3n) is 4.50. The minimum atomic E-state index is -0.160. The first-order valence-electron chi connectivity index (χ1n) is 10.8. The number of hydrogen-bond acceptors (Lipinski definition) is 4. The SMILES string of the molecule is CCNC(=O)COc1ccc(CN=C(NCC)NCCCc2ccccc2)cc1OC.I. The molecule has 2 aromatic rings. The molecular weight excluding hydrogens is 519 g/mol. The number of benzene rings is 2. The van der Waals surface area contributed by atoms with Crippen molar-refractivity contribution in [2.75, 3.05) is 33.4 Å². The molecule has 0 bridgehead atoms. The van der Waals surface area contributed by atoms with E-state index >= 15 is 0 Å². The van der Waals surface area contributed by atoms with Gasteiger partial charge in [-0.2, -0.15) is 0 Å². The Bertz CT molecular complexity index is 831. The number of carbonyl (C=O) groups excluding carboxylic acids is 1. The Morgan fingerprint density at radius 2 is 1.69 bits per heavy atom. The second kappa shape index (κ2) is 16.2. The number of rotatable bonds is 12. The van der Waals surface area contributed by atoms with Gasteiger partial charge >= 0.3 is 0 Å². The van der Waals surface area contributed by atoms with E-state index in [-0.39, 0.29) is 36.5 Å². The van der Waals surface area contributed by atoms with Crippen LogP contribution in [0.1, 0.15) is 31.4 Å². The molecule has 0 heterocycles. The van der Waals surface area contributed by atoms with Crippen molar-refractivity contribution in [1.82, 2.24) is 16.0 Å². The Morgan fingerprint density at radius 3 is 2.38 bits per heavy atom. The highest BCUT2D eigenvalue weighted by Gasteiger charge is 2.08. The highest BCUT2D eigenvalue weighted by atomic mass is 127. The summed E-state index contributed by atoms with van der Waals surface area (Å²) in [5.74, 6) is 1.74. The van der Waals surface area contributed by atoms with E-state index in [4.69, 9.17) is 9.47 Å². The number of nitrogens with zero attached hydrogens (tertiary/aromatic N) is 1. The fraction of sp³-hybridized carbons (Fsp3) is 0.417. The molecule has 0 spiro atoms. The largest absolute Gasteiger partial charge is 0.493 e. The lowest BCUT2D eigenvalue weighted by molar-refractivity contribution is -0.123. The van der Waals surface area contributed by atoms with Crippen LogP contribution in [0.3, 0.4) is 0 Å². The molecule has 0 fully saturated rings. The van der Waals surface area contributed by atoms with Crippen molar-refractivity contribution in [2.24, 2.45) is 4.99 Å². The van der Waals surface area contributed by atoms with Crippen molar-refractivity contribution in [3.05, 3.63) is 59.7 Å². The number of methoxy groups -OCH3 is 1. The third-order valence-corrected chi connectivity index (χ3v) is 4.50. The van der Waals surface area contributed by atoms with Crippen molar-refractivity contribution >= 4 is 35.8 Å². The Hall–Kier alpha value is -2.49. The van der Waals surface area contributed by atoms with Gasteiger partial charge in [0.2, 0.25) is 0 Å². The van der Waals surface area contributed by atoms with Gasteiger partial charge in [-0.25, -0.2) is 4.99 Å². The van der Waals surface area contributed by atoms with E-state index in [1.807, 2.05) is 38.1 Å². The van der Waals surface area contributed by atoms with Gasteiger partial charge in [-0.05, 0) is 49.9 Å². The summed E-state index contributed by atoms with van der Waals surface area (Å²) in [6.07, 6.45) is 2.06. The van der Waals surface area contributed by atoms with E-state index in [2.05, 4.69) is 45.2 Å². The standard InChI is InChI=1S/C24H34N4O3.HI/c1-4-25-23(29)18-31-21-14-13-20(16-22(21)30-3)17-28-24(26-5-2)27-15-9-12-19-10-7-6-8-11-19;/h6-8,10-11,13-14,16H,4-5,9,12,15,17-18H2,1-3H3,(H,25,29)(H2,26,27,28);1H. The Balaban J connectivity index is 0.00000512. The maximum atomic E-state index is 11.6. The molecule has 0 aliphatic rings. The Kier molecular flexibility index (Phi) is 13.9. The summed E-state index contributed by atoms with van der Waals surface area (Å²) in [7, 11) is 1.58. The number of ether oxygens (including phenoxy) is 2. The van der Waals surface area contributed by atoms with Gasteiger partial charge in [-0.3, -0.25) is 4.79 Å². The predicted octanol–water partition coefficient (Wildman–Crippen LogP) is 3.52. The Labute approximate surface area is 208 Å². The van der Waals surface area contributed by atoms with Crippen molar-refractivity contribution < 1.29 is 14.3 Å². The molecule has 8 heteroatoms. The molecule has 176 valence electrons. The van der Waals surface area contributed by atoms with Crippen LogP contribution < -0.4 is 25.4 Å². The van der Waals surface area contributed by atoms with Crippen LogP contribution >= 0.6 is 24.0 Å². The van der Waals surface area contributed by atoms with E-state index < -0.39 is 0 Å². The minimum absolute atomic E-state index is 0. The number of halogens is 1. The molecule has 0 unspecified atom stereocenters. The maximum Gasteiger partial charge on any atom is 0.257 e. The number of hydrogen-bond donors (Lipinski definition) is 3. The molecule has 0 aromatic heterocycles. The molecule has 0 aliphatic carbocycles. The third kappa shape index (κ3) is 10.2. The monoisotopic (exact) mass is 554 g/mol. The van der Waals surface area contributed by atoms with E-state index in [0.717, 1.165) is 37.5 Å². The number of aliphatic imine (C=N–C) groups is 1. The fourth-order valence-electron chi connectivity index (χ4n) is 2.98. The highest BCUT2D eigenvalue weighted by molar-refractivity contribution is 14.0. The molecule has 32 heavy (non-hydrogen) atoms. The van der Waals surface area contributed by atoms with E-state index in [1.54, 1.807) is 7.11 Å². The molecule has 3 N–H and O–H groups in total. The molecular formula is C24H35IN4O3. The van der Waals surface area contributed by atoms with Gasteiger partial charge in [0.25, 0.3) is 5.91 Å². The smallest absolute Gasteiger partial charge is 0.257 e. The van der Waals surface area contributed by atoms with Crippen molar-refractivity contribution in [3.8, 4) is 11.5 Å². The topological polar surface area (TPSA) is 84.0 Å². The lowest BCUT2D eigenvalue weighted by Gasteiger charge is -2.13. The summed E-state index contributed by atoms with van der Waals surface area (Å²) in [6.45, 7) is 6.58. The predicted molar refractivity (Wildman–Crippen MR) is 140 cm³/mol. The molecule has 7 nitrogen and oxygen atoms in total. The molecule has 2 aromatic carbocycles. The molecule has 1 amide bonds. The number of aryl methyl sites for hydroxylation is 1. The zero-order valence-electron chi connectivity index (χ0n) is 19.1. The van der Waals surface area contributed by atoms with Gasteiger partial charge in [0.1, 0.15) is 0 Å². The van der Waals surface area contributed by atoms with Crippen LogP contribution in [0.2, 0.25) is 0 Å². The van der Waals surface area contributed by atoms with Crippen LogP contribution in [0.15, 0.2) is 53.5 Å². The number of amides is 1. The first-order valence-corrected chi connectivity index (χ1v) is 10.8. The van der Waals surface area contributed by atoms with Gasteiger partial charge in [-0.15, -0.1) is 24.0 Å². The zero-order chi connectivity index (χ0) is 22.3. The molecule has 2 rings (SSSR count). The zero-order valence-corrected chi connectivity index (χ0v) is 21.5. The lowest BCUT2D eigenvalue weighted by Crippen LogP contribution is -2.37.